The van der Waals surface area contributed by atoms with E-state index in [1.54, 1.807) is 10.6 Å². The van der Waals surface area contributed by atoms with Gasteiger partial charge in [-0.2, -0.15) is 5.10 Å². The topological polar surface area (TPSA) is 75.1 Å². The van der Waals surface area contributed by atoms with Gasteiger partial charge in [0.05, 0.1) is 11.4 Å². The molecule has 0 aromatic carbocycles. The molecule has 0 saturated heterocycles. The SMILES string of the molecule is O=C(Nc1cc2cc(-c3cnc4[nH]ccc4c3)ccn2n1)[C@@H]1C[C@@H]1F. The number of hydrogen-bond acceptors (Lipinski definition) is 3. The van der Waals surface area contributed by atoms with Gasteiger partial charge in [0.2, 0.25) is 5.91 Å². The van der Waals surface area contributed by atoms with Gasteiger partial charge in [-0.05, 0) is 36.2 Å². The van der Waals surface area contributed by atoms with Crippen molar-refractivity contribution < 1.29 is 9.18 Å². The van der Waals surface area contributed by atoms with E-state index in [2.05, 4.69) is 26.4 Å². The summed E-state index contributed by atoms with van der Waals surface area (Å²) in [6, 6.07) is 9.75. The predicted octanol–water partition coefficient (Wildman–Crippen LogP) is 3.17. The van der Waals surface area contributed by atoms with Gasteiger partial charge in [-0.1, -0.05) is 0 Å². The molecule has 1 amide bonds. The van der Waals surface area contributed by atoms with E-state index in [9.17, 15) is 9.18 Å². The molecule has 1 fully saturated rings. The highest BCUT2D eigenvalue weighted by molar-refractivity contribution is 5.94. The second kappa shape index (κ2) is 5.14. The van der Waals surface area contributed by atoms with Crippen LogP contribution in [0.1, 0.15) is 6.42 Å². The minimum absolute atomic E-state index is 0.304. The highest BCUT2D eigenvalue weighted by Crippen LogP contribution is 2.34. The third-order valence-corrected chi connectivity index (χ3v) is 4.50. The van der Waals surface area contributed by atoms with Gasteiger partial charge in [-0.25, -0.2) is 13.9 Å². The minimum Gasteiger partial charge on any atom is -0.346 e. The fourth-order valence-corrected chi connectivity index (χ4v) is 2.99. The third kappa shape index (κ3) is 2.44. The minimum atomic E-state index is -1.01. The molecule has 0 radical (unpaired) electrons. The Morgan fingerprint density at radius 3 is 3.00 bits per heavy atom. The van der Waals surface area contributed by atoms with Crippen LogP contribution in [0, 0.1) is 5.92 Å². The Morgan fingerprint density at radius 1 is 1.28 bits per heavy atom. The molecule has 25 heavy (non-hydrogen) atoms. The Morgan fingerprint density at radius 2 is 2.16 bits per heavy atom. The second-order valence-corrected chi connectivity index (χ2v) is 6.30. The first-order valence-electron chi connectivity index (χ1n) is 8.05. The molecular formula is C18H14FN5O. The van der Waals surface area contributed by atoms with Gasteiger partial charge in [-0.3, -0.25) is 4.79 Å². The van der Waals surface area contributed by atoms with Gasteiger partial charge in [0.25, 0.3) is 0 Å². The highest BCUT2D eigenvalue weighted by Gasteiger charge is 2.43. The maximum atomic E-state index is 13.0. The summed E-state index contributed by atoms with van der Waals surface area (Å²) in [7, 11) is 0. The Labute approximate surface area is 141 Å². The van der Waals surface area contributed by atoms with Gasteiger partial charge >= 0.3 is 0 Å². The third-order valence-electron chi connectivity index (χ3n) is 4.50. The summed E-state index contributed by atoms with van der Waals surface area (Å²) in [5, 5.41) is 8.03. The van der Waals surface area contributed by atoms with Gasteiger partial charge in [0.15, 0.2) is 5.82 Å². The van der Waals surface area contributed by atoms with Gasteiger partial charge in [0, 0.05) is 35.6 Å². The molecule has 0 unspecified atom stereocenters. The molecule has 2 N–H and O–H groups in total. The summed E-state index contributed by atoms with van der Waals surface area (Å²) in [5.41, 5.74) is 3.70. The van der Waals surface area contributed by atoms with Crippen molar-refractivity contribution in [3.05, 3.63) is 48.9 Å². The first kappa shape index (κ1) is 14.2. The molecule has 0 spiro atoms. The van der Waals surface area contributed by atoms with Crippen LogP contribution in [0.4, 0.5) is 10.2 Å². The summed E-state index contributed by atoms with van der Waals surface area (Å²) < 4.78 is 14.6. The molecule has 124 valence electrons. The number of pyridine rings is 2. The molecule has 4 aromatic rings. The van der Waals surface area contributed by atoms with Crippen LogP contribution in [0.5, 0.6) is 0 Å². The van der Waals surface area contributed by atoms with Crippen molar-refractivity contribution in [2.75, 3.05) is 5.32 Å². The zero-order chi connectivity index (χ0) is 17.0. The lowest BCUT2D eigenvalue weighted by molar-refractivity contribution is -0.117. The van der Waals surface area contributed by atoms with Crippen LogP contribution >= 0.6 is 0 Å². The Hall–Kier alpha value is -3.22. The number of nitrogens with one attached hydrogen (secondary N) is 2. The van der Waals surface area contributed by atoms with Gasteiger partial charge in [-0.15, -0.1) is 0 Å². The second-order valence-electron chi connectivity index (χ2n) is 6.30. The van der Waals surface area contributed by atoms with Crippen molar-refractivity contribution in [3.8, 4) is 11.1 Å². The normalized spacial score (nSPS) is 19.4. The predicted molar refractivity (Wildman–Crippen MR) is 91.9 cm³/mol. The van der Waals surface area contributed by atoms with E-state index in [-0.39, 0.29) is 5.91 Å². The number of carbonyl (C=O) groups excluding carboxylic acids is 1. The molecule has 1 saturated carbocycles. The summed E-state index contributed by atoms with van der Waals surface area (Å²) >= 11 is 0. The van der Waals surface area contributed by atoms with E-state index in [1.807, 2.05) is 36.8 Å². The van der Waals surface area contributed by atoms with Crippen molar-refractivity contribution >= 4 is 28.3 Å². The van der Waals surface area contributed by atoms with Crippen molar-refractivity contribution in [2.24, 2.45) is 5.92 Å². The average molecular weight is 335 g/mol. The quantitative estimate of drug-likeness (QED) is 0.604. The first-order chi connectivity index (χ1) is 12.2. The molecule has 0 bridgehead atoms. The number of carbonyl (C=O) groups is 1. The number of amides is 1. The van der Waals surface area contributed by atoms with E-state index in [0.29, 0.717) is 12.2 Å². The monoisotopic (exact) mass is 335 g/mol. The molecule has 1 aliphatic carbocycles. The summed E-state index contributed by atoms with van der Waals surface area (Å²) in [5.74, 6) is -0.404. The molecule has 4 aromatic heterocycles. The molecular weight excluding hydrogens is 321 g/mol. The molecule has 2 atom stereocenters. The lowest BCUT2D eigenvalue weighted by atomic mass is 10.1. The highest BCUT2D eigenvalue weighted by atomic mass is 19.1. The number of hydrogen-bond donors (Lipinski definition) is 2. The Balaban J connectivity index is 1.47. The van der Waals surface area contributed by atoms with Gasteiger partial charge < -0.3 is 10.3 Å². The standard InChI is InChI=1S/C18H14FN5O/c19-15-8-14(15)18(25)22-16-7-13-6-10(2-4-24(13)23-16)12-5-11-1-3-20-17(11)21-9-12/h1-7,9,14-15H,8H2,(H,20,21)(H,22,23,25)/t14-,15+/m1/s1. The summed E-state index contributed by atoms with van der Waals surface area (Å²) in [6.45, 7) is 0. The van der Waals surface area contributed by atoms with Crippen LogP contribution in [0.25, 0.3) is 27.7 Å². The number of anilines is 1. The van der Waals surface area contributed by atoms with E-state index in [1.165, 1.54) is 0 Å². The smallest absolute Gasteiger partial charge is 0.231 e. The number of H-pyrrole nitrogens is 1. The number of rotatable bonds is 3. The van der Waals surface area contributed by atoms with E-state index >= 15 is 0 Å². The number of aromatic amines is 1. The number of halogens is 1. The zero-order valence-electron chi connectivity index (χ0n) is 13.1. The fourth-order valence-electron chi connectivity index (χ4n) is 2.99. The van der Waals surface area contributed by atoms with E-state index < -0.39 is 12.1 Å². The molecule has 4 heterocycles. The molecule has 5 rings (SSSR count). The Bertz CT molecular complexity index is 1120. The van der Waals surface area contributed by atoms with Crippen LogP contribution in [-0.4, -0.2) is 31.7 Å². The van der Waals surface area contributed by atoms with Gasteiger partial charge in [0.1, 0.15) is 11.8 Å². The molecule has 0 aliphatic heterocycles. The Kier molecular flexibility index (Phi) is 2.91. The first-order valence-corrected chi connectivity index (χ1v) is 8.05. The number of aromatic nitrogens is 4. The fraction of sp³-hybridized carbons (Fsp3) is 0.167. The van der Waals surface area contributed by atoms with Crippen LogP contribution in [-0.2, 0) is 4.79 Å². The lowest BCUT2D eigenvalue weighted by Crippen LogP contribution is -2.15. The van der Waals surface area contributed by atoms with Crippen LogP contribution in [0.2, 0.25) is 0 Å². The van der Waals surface area contributed by atoms with Crippen molar-refractivity contribution in [1.29, 1.82) is 0 Å². The lowest BCUT2D eigenvalue weighted by Gasteiger charge is -2.02. The van der Waals surface area contributed by atoms with Crippen molar-refractivity contribution in [1.82, 2.24) is 19.6 Å². The molecule has 6 nitrogen and oxygen atoms in total. The number of fused-ring (bicyclic) bond motifs is 2. The maximum absolute atomic E-state index is 13.0. The van der Waals surface area contributed by atoms with Crippen LogP contribution in [0.3, 0.4) is 0 Å². The van der Waals surface area contributed by atoms with Crippen molar-refractivity contribution in [3.63, 3.8) is 0 Å². The largest absolute Gasteiger partial charge is 0.346 e. The maximum Gasteiger partial charge on any atom is 0.231 e. The van der Waals surface area contributed by atoms with E-state index in [0.717, 1.165) is 27.7 Å². The summed E-state index contributed by atoms with van der Waals surface area (Å²) in [4.78, 5) is 19.3. The van der Waals surface area contributed by atoms with E-state index in [4.69, 9.17) is 0 Å². The van der Waals surface area contributed by atoms with Crippen molar-refractivity contribution in [2.45, 2.75) is 12.6 Å². The average Bonchev–Trinajstić information content (AvgIpc) is 3.02. The zero-order valence-corrected chi connectivity index (χ0v) is 13.1. The number of alkyl halides is 1. The van der Waals surface area contributed by atoms with Crippen LogP contribution in [0.15, 0.2) is 48.9 Å². The molecule has 7 heteroatoms. The van der Waals surface area contributed by atoms with Crippen LogP contribution < -0.4 is 5.32 Å². The summed E-state index contributed by atoms with van der Waals surface area (Å²) in [6.07, 6.45) is 4.80. The number of nitrogens with zero attached hydrogens (tertiary/aromatic N) is 3. The molecule has 1 aliphatic rings.